The highest BCUT2D eigenvalue weighted by atomic mass is 19.1. The van der Waals surface area contributed by atoms with Crippen molar-refractivity contribution >= 4 is 5.82 Å². The van der Waals surface area contributed by atoms with Crippen molar-refractivity contribution in [1.82, 2.24) is 30.7 Å². The van der Waals surface area contributed by atoms with Crippen molar-refractivity contribution in [3.63, 3.8) is 0 Å². The Bertz CT molecular complexity index is 1350. The van der Waals surface area contributed by atoms with E-state index in [1.807, 2.05) is 19.9 Å². The Kier molecular flexibility index (Phi) is 5.97. The maximum atomic E-state index is 16.0. The Morgan fingerprint density at radius 1 is 1.11 bits per heavy atom. The van der Waals surface area contributed by atoms with E-state index in [0.29, 0.717) is 39.9 Å². The van der Waals surface area contributed by atoms with Crippen molar-refractivity contribution in [2.75, 3.05) is 12.0 Å². The number of aromatic hydroxyl groups is 1. The first-order valence-corrected chi connectivity index (χ1v) is 13.3. The van der Waals surface area contributed by atoms with Gasteiger partial charge in [-0.15, -0.1) is 15.3 Å². The predicted octanol–water partition coefficient (Wildman–Crippen LogP) is 4.39. The van der Waals surface area contributed by atoms with Gasteiger partial charge in [0.1, 0.15) is 23.4 Å². The molecule has 9 nitrogen and oxygen atoms in total. The molecule has 0 amide bonds. The largest absolute Gasteiger partial charge is 0.507 e. The highest BCUT2D eigenvalue weighted by Gasteiger charge is 2.55. The lowest BCUT2D eigenvalue weighted by Crippen LogP contribution is -2.73. The summed E-state index contributed by atoms with van der Waals surface area (Å²) >= 11 is 0. The Morgan fingerprint density at radius 2 is 1.92 bits per heavy atom. The molecule has 2 bridgehead atoms. The molecule has 200 valence electrons. The maximum Gasteiger partial charge on any atom is 0.185 e. The standard InChI is InChI=1S/C28H34FN7O2/c1-16-23(38-4)13-20(32-31-16)17-6-9-19(22(37)12-17)26-30-15-24(33-34-26)36(18-7-8-18)21-14-27(2)10-5-11-28(3,35-27)25(21)29/h6,9,12-13,15,18,21,25,35,37H,5,7-8,10-11,14H2,1-4H3/t21-,25-,27-,28+/m1/s1. The molecule has 4 heterocycles. The van der Waals surface area contributed by atoms with Gasteiger partial charge in [-0.2, -0.15) is 5.10 Å². The van der Waals surface area contributed by atoms with Crippen LogP contribution in [-0.2, 0) is 0 Å². The van der Waals surface area contributed by atoms with Gasteiger partial charge in [-0.05, 0) is 71.4 Å². The van der Waals surface area contributed by atoms with Crippen LogP contribution in [0.5, 0.6) is 11.5 Å². The fourth-order valence-corrected chi connectivity index (χ4v) is 6.40. The zero-order valence-electron chi connectivity index (χ0n) is 22.3. The number of ether oxygens (including phenoxy) is 1. The molecule has 1 aliphatic carbocycles. The molecule has 38 heavy (non-hydrogen) atoms. The van der Waals surface area contributed by atoms with Crippen LogP contribution < -0.4 is 15.0 Å². The molecule has 2 saturated heterocycles. The molecule has 2 N–H and O–H groups in total. The Hall–Kier alpha value is -3.40. The quantitative estimate of drug-likeness (QED) is 0.490. The van der Waals surface area contributed by atoms with Crippen LogP contribution in [0, 0.1) is 6.92 Å². The van der Waals surface area contributed by atoms with Gasteiger partial charge < -0.3 is 20.1 Å². The minimum Gasteiger partial charge on any atom is -0.507 e. The first kappa shape index (κ1) is 24.9. The van der Waals surface area contributed by atoms with Crippen molar-refractivity contribution in [2.24, 2.45) is 0 Å². The number of aryl methyl sites for hydroxylation is 1. The van der Waals surface area contributed by atoms with E-state index in [1.54, 1.807) is 31.5 Å². The first-order valence-electron chi connectivity index (χ1n) is 13.3. The SMILES string of the molecule is COc1cc(-c2ccc(-c3ncc(N(C4CC4)[C@@H]4C[C@@]5(C)CCC[C@](C)(N5)[C@@H]4F)nn3)c(O)c2)nnc1C. The fourth-order valence-electron chi connectivity index (χ4n) is 6.40. The summed E-state index contributed by atoms with van der Waals surface area (Å²) < 4.78 is 21.4. The molecular weight excluding hydrogens is 485 g/mol. The third kappa shape index (κ3) is 4.34. The molecule has 3 fully saturated rings. The zero-order chi connectivity index (χ0) is 26.7. The molecule has 6 rings (SSSR count). The van der Waals surface area contributed by atoms with Gasteiger partial charge in [0.05, 0.1) is 30.6 Å². The van der Waals surface area contributed by atoms with Gasteiger partial charge in [-0.3, -0.25) is 0 Å². The van der Waals surface area contributed by atoms with Crippen LogP contribution in [0.3, 0.4) is 0 Å². The van der Waals surface area contributed by atoms with Crippen LogP contribution in [-0.4, -0.2) is 66.9 Å². The maximum absolute atomic E-state index is 16.0. The Balaban J connectivity index is 1.27. The number of hydrogen-bond acceptors (Lipinski definition) is 9. The number of hydrogen-bond donors (Lipinski definition) is 2. The number of methoxy groups -OCH3 is 1. The summed E-state index contributed by atoms with van der Waals surface area (Å²) in [6.07, 6.45) is 6.32. The van der Waals surface area contributed by atoms with Gasteiger partial charge in [0.2, 0.25) is 0 Å². The number of nitrogens with zero attached hydrogens (tertiary/aromatic N) is 6. The summed E-state index contributed by atoms with van der Waals surface area (Å²) in [5, 5.41) is 31.6. The molecule has 4 atom stereocenters. The Labute approximate surface area is 221 Å². The second-order valence-corrected chi connectivity index (χ2v) is 11.5. The summed E-state index contributed by atoms with van der Waals surface area (Å²) in [7, 11) is 1.58. The lowest BCUT2D eigenvalue weighted by molar-refractivity contribution is 0.000258. The minimum absolute atomic E-state index is 0.00768. The van der Waals surface area contributed by atoms with Crippen molar-refractivity contribution < 1.29 is 14.2 Å². The number of fused-ring (bicyclic) bond motifs is 2. The van der Waals surface area contributed by atoms with Gasteiger partial charge in [-0.1, -0.05) is 6.07 Å². The fraction of sp³-hybridized carbons (Fsp3) is 0.536. The third-order valence-electron chi connectivity index (χ3n) is 8.42. The molecule has 1 saturated carbocycles. The van der Waals surface area contributed by atoms with E-state index >= 15 is 4.39 Å². The number of piperidine rings is 2. The van der Waals surface area contributed by atoms with Gasteiger partial charge in [0.15, 0.2) is 11.6 Å². The number of phenolic OH excluding ortho intramolecular Hbond substituents is 1. The number of phenols is 1. The van der Waals surface area contributed by atoms with Crippen LogP contribution >= 0.6 is 0 Å². The van der Waals surface area contributed by atoms with E-state index in [0.717, 1.165) is 38.5 Å². The molecule has 2 aromatic heterocycles. The van der Waals surface area contributed by atoms with Crippen molar-refractivity contribution in [1.29, 1.82) is 0 Å². The van der Waals surface area contributed by atoms with Crippen LogP contribution in [0.15, 0.2) is 30.5 Å². The van der Waals surface area contributed by atoms with E-state index < -0.39 is 11.7 Å². The molecule has 1 aromatic carbocycles. The monoisotopic (exact) mass is 519 g/mol. The van der Waals surface area contributed by atoms with Gasteiger partial charge in [-0.25, -0.2) is 9.37 Å². The third-order valence-corrected chi connectivity index (χ3v) is 8.42. The van der Waals surface area contributed by atoms with E-state index in [1.165, 1.54) is 0 Å². The molecule has 0 spiro atoms. The van der Waals surface area contributed by atoms with E-state index in [-0.39, 0.29) is 23.4 Å². The smallest absolute Gasteiger partial charge is 0.185 e. The lowest BCUT2D eigenvalue weighted by Gasteiger charge is -2.57. The predicted molar refractivity (Wildman–Crippen MR) is 142 cm³/mol. The summed E-state index contributed by atoms with van der Waals surface area (Å²) in [5.41, 5.74) is 1.79. The molecule has 3 aromatic rings. The first-order chi connectivity index (χ1) is 18.2. The van der Waals surface area contributed by atoms with Crippen molar-refractivity contribution in [3.05, 3.63) is 36.2 Å². The van der Waals surface area contributed by atoms with Crippen LogP contribution in [0.2, 0.25) is 0 Å². The van der Waals surface area contributed by atoms with Crippen LogP contribution in [0.25, 0.3) is 22.6 Å². The number of halogens is 1. The minimum atomic E-state index is -1.02. The van der Waals surface area contributed by atoms with Crippen molar-refractivity contribution in [2.45, 2.75) is 88.6 Å². The molecule has 10 heteroatoms. The second-order valence-electron chi connectivity index (χ2n) is 11.5. The highest BCUT2D eigenvalue weighted by molar-refractivity contribution is 5.71. The summed E-state index contributed by atoms with van der Waals surface area (Å²) in [6, 6.07) is 6.92. The zero-order valence-corrected chi connectivity index (χ0v) is 22.3. The topological polar surface area (TPSA) is 109 Å². The highest BCUT2D eigenvalue weighted by Crippen LogP contribution is 2.46. The molecular formula is C28H34FN7O2. The number of anilines is 1. The normalized spacial score (nSPS) is 28.7. The summed E-state index contributed by atoms with van der Waals surface area (Å²) in [6.45, 7) is 6.05. The van der Waals surface area contributed by atoms with Gasteiger partial charge in [0, 0.05) is 28.7 Å². The van der Waals surface area contributed by atoms with Gasteiger partial charge >= 0.3 is 0 Å². The summed E-state index contributed by atoms with van der Waals surface area (Å²) in [4.78, 5) is 6.68. The number of alkyl halides is 1. The second kappa shape index (κ2) is 9.11. The summed E-state index contributed by atoms with van der Waals surface area (Å²) in [5.74, 6) is 1.53. The van der Waals surface area contributed by atoms with Crippen LogP contribution in [0.4, 0.5) is 10.2 Å². The average Bonchev–Trinajstić information content (AvgIpc) is 3.73. The molecule has 0 unspecified atom stereocenters. The van der Waals surface area contributed by atoms with E-state index in [9.17, 15) is 5.11 Å². The number of nitrogens with one attached hydrogen (secondary N) is 1. The van der Waals surface area contributed by atoms with Crippen LogP contribution in [0.1, 0.15) is 58.1 Å². The average molecular weight is 520 g/mol. The number of benzene rings is 1. The van der Waals surface area contributed by atoms with Crippen molar-refractivity contribution in [3.8, 4) is 34.1 Å². The van der Waals surface area contributed by atoms with Gasteiger partial charge in [0.25, 0.3) is 0 Å². The Morgan fingerprint density at radius 3 is 2.61 bits per heavy atom. The molecule has 0 radical (unpaired) electrons. The lowest BCUT2D eigenvalue weighted by atomic mass is 9.68. The molecule has 2 aliphatic heterocycles. The number of rotatable bonds is 6. The number of aromatic nitrogens is 5. The van der Waals surface area contributed by atoms with E-state index in [2.05, 4.69) is 42.5 Å². The molecule has 3 aliphatic rings. The van der Waals surface area contributed by atoms with E-state index in [4.69, 9.17) is 4.74 Å².